The highest BCUT2D eigenvalue weighted by atomic mass is 16.4. The van der Waals surface area contributed by atoms with Crippen molar-refractivity contribution in [1.29, 1.82) is 0 Å². The van der Waals surface area contributed by atoms with Crippen LogP contribution >= 0.6 is 0 Å². The number of urea groups is 1. The lowest BCUT2D eigenvalue weighted by Gasteiger charge is -2.32. The van der Waals surface area contributed by atoms with Crippen LogP contribution in [0, 0.1) is 0 Å². The molecule has 0 spiro atoms. The van der Waals surface area contributed by atoms with Crippen molar-refractivity contribution < 1.29 is 14.7 Å². The number of hydrogen-bond donors (Lipinski definition) is 3. The van der Waals surface area contributed by atoms with Gasteiger partial charge in [-0.1, -0.05) is 34.1 Å². The molecule has 0 saturated carbocycles. The molecule has 5 heteroatoms. The number of carboxylic acids is 1. The van der Waals surface area contributed by atoms with E-state index >= 15 is 0 Å². The molecule has 2 amide bonds. The van der Waals surface area contributed by atoms with E-state index in [1.54, 1.807) is 0 Å². The maximum absolute atomic E-state index is 12.0. The molecule has 0 heterocycles. The van der Waals surface area contributed by atoms with Crippen LogP contribution in [-0.4, -0.2) is 28.7 Å². The maximum Gasteiger partial charge on any atom is 0.315 e. The summed E-state index contributed by atoms with van der Waals surface area (Å²) < 4.78 is 0. The Morgan fingerprint density at radius 3 is 2.00 bits per heavy atom. The van der Waals surface area contributed by atoms with Crippen LogP contribution in [0.1, 0.15) is 66.2 Å². The summed E-state index contributed by atoms with van der Waals surface area (Å²) >= 11 is 0. The van der Waals surface area contributed by atoms with Gasteiger partial charge in [-0.25, -0.2) is 4.79 Å². The van der Waals surface area contributed by atoms with Crippen LogP contribution in [0.3, 0.4) is 0 Å². The van der Waals surface area contributed by atoms with E-state index in [1.165, 1.54) is 0 Å². The van der Waals surface area contributed by atoms with E-state index in [0.29, 0.717) is 6.42 Å². The number of aliphatic carboxylic acids is 1. The van der Waals surface area contributed by atoms with Crippen molar-refractivity contribution in [3.05, 3.63) is 0 Å². The molecule has 0 aliphatic carbocycles. The molecule has 0 radical (unpaired) electrons. The van der Waals surface area contributed by atoms with E-state index < -0.39 is 5.97 Å². The Labute approximate surface area is 116 Å². The topological polar surface area (TPSA) is 78.4 Å². The molecule has 5 nitrogen and oxygen atoms in total. The van der Waals surface area contributed by atoms with Crippen LogP contribution in [0.15, 0.2) is 0 Å². The van der Waals surface area contributed by atoms with Crippen LogP contribution in [0.2, 0.25) is 0 Å². The average Bonchev–Trinajstić information content (AvgIpc) is 2.35. The normalized spacial score (nSPS) is 12.8. The smallest absolute Gasteiger partial charge is 0.315 e. The summed E-state index contributed by atoms with van der Waals surface area (Å²) in [6.45, 7) is 8.12. The number of carboxylic acid groups (broad SMARTS) is 1. The van der Waals surface area contributed by atoms with Crippen molar-refractivity contribution >= 4 is 12.0 Å². The van der Waals surface area contributed by atoms with E-state index in [4.69, 9.17) is 5.11 Å². The zero-order chi connectivity index (χ0) is 14.9. The van der Waals surface area contributed by atoms with Crippen LogP contribution in [0.25, 0.3) is 0 Å². The molecule has 0 aromatic heterocycles. The molecule has 0 saturated heterocycles. The van der Waals surface area contributed by atoms with Gasteiger partial charge in [-0.15, -0.1) is 0 Å². The highest BCUT2D eigenvalue weighted by Gasteiger charge is 2.26. The van der Waals surface area contributed by atoms with E-state index in [2.05, 4.69) is 10.6 Å². The lowest BCUT2D eigenvalue weighted by Crippen LogP contribution is -2.53. The van der Waals surface area contributed by atoms with Gasteiger partial charge in [-0.3, -0.25) is 4.79 Å². The third-order valence-corrected chi connectivity index (χ3v) is 3.80. The third kappa shape index (κ3) is 6.45. The summed E-state index contributed by atoms with van der Waals surface area (Å²) in [6.07, 6.45) is 4.09. The first-order chi connectivity index (χ1) is 8.92. The Morgan fingerprint density at radius 2 is 1.63 bits per heavy atom. The van der Waals surface area contributed by atoms with E-state index in [0.717, 1.165) is 25.7 Å². The molecule has 112 valence electrons. The van der Waals surface area contributed by atoms with Gasteiger partial charge in [0, 0.05) is 11.6 Å². The lowest BCUT2D eigenvalue weighted by molar-refractivity contribution is -0.137. The second kappa shape index (κ2) is 8.77. The second-order valence-electron chi connectivity index (χ2n) is 5.02. The van der Waals surface area contributed by atoms with Crippen molar-refractivity contribution in [2.75, 3.05) is 0 Å². The first-order valence-corrected chi connectivity index (χ1v) is 7.23. The molecule has 19 heavy (non-hydrogen) atoms. The molecule has 0 aliphatic heterocycles. The fourth-order valence-corrected chi connectivity index (χ4v) is 2.26. The molecule has 0 fully saturated rings. The lowest BCUT2D eigenvalue weighted by atomic mass is 9.90. The van der Waals surface area contributed by atoms with Crippen LogP contribution in [0.4, 0.5) is 4.79 Å². The van der Waals surface area contributed by atoms with Crippen LogP contribution in [-0.2, 0) is 4.79 Å². The number of nitrogens with one attached hydrogen (secondary N) is 2. The summed E-state index contributed by atoms with van der Waals surface area (Å²) in [4.78, 5) is 22.7. The highest BCUT2D eigenvalue weighted by Crippen LogP contribution is 2.19. The van der Waals surface area contributed by atoms with Crippen molar-refractivity contribution in [3.8, 4) is 0 Å². The van der Waals surface area contributed by atoms with Crippen molar-refractivity contribution in [3.63, 3.8) is 0 Å². The predicted octanol–water partition coefficient (Wildman–Crippen LogP) is 2.90. The third-order valence-electron chi connectivity index (χ3n) is 3.80. The van der Waals surface area contributed by atoms with Crippen LogP contribution in [0.5, 0.6) is 0 Å². The zero-order valence-corrected chi connectivity index (χ0v) is 12.6. The Balaban J connectivity index is 4.50. The summed E-state index contributed by atoms with van der Waals surface area (Å²) in [5, 5.41) is 14.6. The van der Waals surface area contributed by atoms with Gasteiger partial charge in [0.15, 0.2) is 0 Å². The molecular formula is C14H28N2O3. The summed E-state index contributed by atoms with van der Waals surface area (Å²) in [5.74, 6) is -0.883. The molecular weight excluding hydrogens is 244 g/mol. The molecule has 1 atom stereocenters. The van der Waals surface area contributed by atoms with Gasteiger partial charge in [0.2, 0.25) is 0 Å². The molecule has 1 unspecified atom stereocenters. The fourth-order valence-electron chi connectivity index (χ4n) is 2.26. The molecule has 0 aromatic rings. The van der Waals surface area contributed by atoms with Gasteiger partial charge >= 0.3 is 12.0 Å². The van der Waals surface area contributed by atoms with Gasteiger partial charge in [0.25, 0.3) is 0 Å². The van der Waals surface area contributed by atoms with Crippen molar-refractivity contribution in [1.82, 2.24) is 10.6 Å². The van der Waals surface area contributed by atoms with Gasteiger partial charge in [-0.2, -0.15) is 0 Å². The van der Waals surface area contributed by atoms with E-state index in [-0.39, 0.29) is 24.0 Å². The van der Waals surface area contributed by atoms with Gasteiger partial charge in [0.05, 0.1) is 6.42 Å². The van der Waals surface area contributed by atoms with Gasteiger partial charge in [0.1, 0.15) is 0 Å². The number of rotatable bonds is 9. The Hall–Kier alpha value is -1.26. The molecule has 3 N–H and O–H groups in total. The minimum Gasteiger partial charge on any atom is -0.481 e. The molecule has 0 aliphatic rings. The average molecular weight is 272 g/mol. The molecule has 0 aromatic carbocycles. The van der Waals surface area contributed by atoms with Crippen molar-refractivity contribution in [2.45, 2.75) is 77.8 Å². The number of hydrogen-bond acceptors (Lipinski definition) is 2. The zero-order valence-electron chi connectivity index (χ0n) is 12.6. The second-order valence-corrected chi connectivity index (χ2v) is 5.02. The van der Waals surface area contributed by atoms with Crippen molar-refractivity contribution in [2.24, 2.45) is 0 Å². The largest absolute Gasteiger partial charge is 0.481 e. The van der Waals surface area contributed by atoms with Gasteiger partial charge in [-0.05, 0) is 25.7 Å². The van der Waals surface area contributed by atoms with E-state index in [1.807, 2.05) is 27.7 Å². The molecule has 0 rings (SSSR count). The summed E-state index contributed by atoms with van der Waals surface area (Å²) in [6, 6.07) is -0.559. The maximum atomic E-state index is 12.0. The standard InChI is InChI=1S/C14H28N2O3/c1-5-9-11(10-12(17)18)15-13(19)16-14(6-2,7-3)8-4/h11H,5-10H2,1-4H3,(H,17,18)(H2,15,16,19). The first-order valence-electron chi connectivity index (χ1n) is 7.23. The Morgan fingerprint density at radius 1 is 1.11 bits per heavy atom. The Bertz CT molecular complexity index is 280. The number of carbonyl (C=O) groups excluding carboxylic acids is 1. The minimum atomic E-state index is -0.883. The SMILES string of the molecule is CCCC(CC(=O)O)NC(=O)NC(CC)(CC)CC. The summed E-state index contributed by atoms with van der Waals surface area (Å²) in [5.41, 5.74) is -0.190. The summed E-state index contributed by atoms with van der Waals surface area (Å²) in [7, 11) is 0. The number of carbonyl (C=O) groups is 2. The predicted molar refractivity (Wildman–Crippen MR) is 76.2 cm³/mol. The van der Waals surface area contributed by atoms with Crippen LogP contribution < -0.4 is 10.6 Å². The molecule has 0 bridgehead atoms. The van der Waals surface area contributed by atoms with Gasteiger partial charge < -0.3 is 15.7 Å². The number of amides is 2. The Kier molecular flexibility index (Phi) is 8.19. The fraction of sp³-hybridized carbons (Fsp3) is 0.857. The monoisotopic (exact) mass is 272 g/mol. The first kappa shape index (κ1) is 17.7. The van der Waals surface area contributed by atoms with E-state index in [9.17, 15) is 9.59 Å². The quantitative estimate of drug-likeness (QED) is 0.604. The highest BCUT2D eigenvalue weighted by molar-refractivity contribution is 5.76. The minimum absolute atomic E-state index is 0.0291.